The second-order valence-corrected chi connectivity index (χ2v) is 9.28. The van der Waals surface area contributed by atoms with Gasteiger partial charge in [0.15, 0.2) is 0 Å². The molecule has 1 N–H and O–H groups in total. The first-order valence-electron chi connectivity index (χ1n) is 12.3. The molecule has 1 saturated heterocycles. The summed E-state index contributed by atoms with van der Waals surface area (Å²) in [6.45, 7) is 2.11. The van der Waals surface area contributed by atoms with Crippen molar-refractivity contribution in [2.75, 3.05) is 51.8 Å². The van der Waals surface area contributed by atoms with Crippen molar-refractivity contribution in [1.29, 1.82) is 0 Å². The molecular weight excluding hydrogens is 506 g/mol. The van der Waals surface area contributed by atoms with Crippen molar-refractivity contribution in [3.8, 4) is 0 Å². The van der Waals surface area contributed by atoms with Crippen LogP contribution in [-0.2, 0) is 19.1 Å². The number of halogens is 1. The SMILES string of the molecule is COC(=O)c1ccc(NC(=O)COCC(=O)N2CCN(C(c3ccccc3)c3ccccc3)CC2)c(Cl)c1. The van der Waals surface area contributed by atoms with E-state index in [-0.39, 0.29) is 35.7 Å². The van der Waals surface area contributed by atoms with Crippen molar-refractivity contribution < 1.29 is 23.9 Å². The maximum Gasteiger partial charge on any atom is 0.337 e. The van der Waals surface area contributed by atoms with Gasteiger partial charge >= 0.3 is 5.97 Å². The number of rotatable bonds is 9. The predicted molar refractivity (Wildman–Crippen MR) is 145 cm³/mol. The highest BCUT2D eigenvalue weighted by Gasteiger charge is 2.28. The Bertz CT molecular complexity index is 1210. The van der Waals surface area contributed by atoms with Crippen molar-refractivity contribution >= 4 is 35.1 Å². The van der Waals surface area contributed by atoms with Gasteiger partial charge < -0.3 is 19.7 Å². The van der Waals surface area contributed by atoms with Crippen LogP contribution in [-0.4, -0.2) is 74.1 Å². The molecule has 1 aliphatic heterocycles. The normalized spacial score (nSPS) is 13.8. The summed E-state index contributed by atoms with van der Waals surface area (Å²) in [4.78, 5) is 40.7. The van der Waals surface area contributed by atoms with E-state index in [0.29, 0.717) is 18.8 Å². The molecule has 0 aromatic heterocycles. The van der Waals surface area contributed by atoms with Gasteiger partial charge in [0, 0.05) is 26.2 Å². The number of hydrogen-bond acceptors (Lipinski definition) is 6. The van der Waals surface area contributed by atoms with Crippen molar-refractivity contribution in [1.82, 2.24) is 9.80 Å². The lowest BCUT2D eigenvalue weighted by Gasteiger charge is -2.39. The molecule has 8 nitrogen and oxygen atoms in total. The van der Waals surface area contributed by atoms with E-state index in [2.05, 4.69) is 39.2 Å². The van der Waals surface area contributed by atoms with Crippen molar-refractivity contribution in [3.63, 3.8) is 0 Å². The summed E-state index contributed by atoms with van der Waals surface area (Å²) in [5, 5.41) is 2.81. The van der Waals surface area contributed by atoms with E-state index in [4.69, 9.17) is 16.3 Å². The molecule has 0 radical (unpaired) electrons. The monoisotopic (exact) mass is 535 g/mol. The van der Waals surface area contributed by atoms with Gasteiger partial charge in [-0.15, -0.1) is 0 Å². The van der Waals surface area contributed by atoms with Crippen LogP contribution in [0.5, 0.6) is 0 Å². The zero-order valence-corrected chi connectivity index (χ0v) is 21.9. The highest BCUT2D eigenvalue weighted by molar-refractivity contribution is 6.34. The molecule has 0 unspecified atom stereocenters. The molecule has 2 amide bonds. The molecule has 0 spiro atoms. The number of hydrogen-bond donors (Lipinski definition) is 1. The predicted octanol–water partition coefficient (Wildman–Crippen LogP) is 4.02. The van der Waals surface area contributed by atoms with Gasteiger partial charge in [0.2, 0.25) is 11.8 Å². The number of nitrogens with zero attached hydrogens (tertiary/aromatic N) is 2. The van der Waals surface area contributed by atoms with E-state index in [1.54, 1.807) is 4.90 Å². The summed E-state index contributed by atoms with van der Waals surface area (Å²) in [6.07, 6.45) is 0. The van der Waals surface area contributed by atoms with Crippen LogP contribution in [0.25, 0.3) is 0 Å². The average molecular weight is 536 g/mol. The summed E-state index contributed by atoms with van der Waals surface area (Å²) >= 11 is 6.14. The van der Waals surface area contributed by atoms with E-state index >= 15 is 0 Å². The molecule has 0 atom stereocenters. The minimum atomic E-state index is -0.525. The smallest absolute Gasteiger partial charge is 0.337 e. The summed E-state index contributed by atoms with van der Waals surface area (Å²) in [7, 11) is 1.27. The number of piperazine rings is 1. The Morgan fingerprint density at radius 3 is 2.03 bits per heavy atom. The van der Waals surface area contributed by atoms with Gasteiger partial charge in [-0.25, -0.2) is 4.79 Å². The van der Waals surface area contributed by atoms with E-state index < -0.39 is 11.9 Å². The van der Waals surface area contributed by atoms with Gasteiger partial charge in [0.1, 0.15) is 13.2 Å². The third kappa shape index (κ3) is 6.98. The fourth-order valence-corrected chi connectivity index (χ4v) is 4.71. The zero-order valence-electron chi connectivity index (χ0n) is 21.1. The van der Waals surface area contributed by atoms with E-state index in [9.17, 15) is 14.4 Å². The first-order valence-corrected chi connectivity index (χ1v) is 12.7. The molecular formula is C29H30ClN3O5. The molecule has 0 bridgehead atoms. The van der Waals surface area contributed by atoms with Crippen molar-refractivity contribution in [2.45, 2.75) is 6.04 Å². The molecule has 0 saturated carbocycles. The molecule has 1 heterocycles. The average Bonchev–Trinajstić information content (AvgIpc) is 2.95. The Balaban J connectivity index is 1.25. The lowest BCUT2D eigenvalue weighted by atomic mass is 9.96. The first kappa shape index (κ1) is 27.3. The van der Waals surface area contributed by atoms with E-state index in [1.165, 1.54) is 36.4 Å². The van der Waals surface area contributed by atoms with E-state index in [0.717, 1.165) is 13.1 Å². The summed E-state index contributed by atoms with van der Waals surface area (Å²) in [5.41, 5.74) is 3.04. The first-order chi connectivity index (χ1) is 18.5. The summed E-state index contributed by atoms with van der Waals surface area (Å²) in [5.74, 6) is -1.14. The second kappa shape index (κ2) is 13.2. The molecule has 1 aliphatic rings. The van der Waals surface area contributed by atoms with Crippen LogP contribution in [0.3, 0.4) is 0 Å². The second-order valence-electron chi connectivity index (χ2n) is 8.87. The standard InChI is InChI=1S/C29H30ClN3O5/c1-37-29(36)23-12-13-25(24(30)18-23)31-26(34)19-38-20-27(35)32-14-16-33(17-15-32)28(21-8-4-2-5-9-21)22-10-6-3-7-11-22/h2-13,18,28H,14-17,19-20H2,1H3,(H,31,34). The minimum absolute atomic E-state index is 0.114. The number of esters is 1. The number of benzene rings is 3. The number of nitrogens with one attached hydrogen (secondary N) is 1. The third-order valence-electron chi connectivity index (χ3n) is 6.39. The van der Waals surface area contributed by atoms with E-state index in [1.807, 2.05) is 36.4 Å². The Labute approximate surface area is 227 Å². The van der Waals surface area contributed by atoms with Crippen LogP contribution in [0.1, 0.15) is 27.5 Å². The van der Waals surface area contributed by atoms with Gasteiger partial charge in [-0.1, -0.05) is 72.3 Å². The largest absolute Gasteiger partial charge is 0.465 e. The third-order valence-corrected chi connectivity index (χ3v) is 6.70. The molecule has 3 aromatic carbocycles. The molecule has 3 aromatic rings. The van der Waals surface area contributed by atoms with Crippen LogP contribution in [0.4, 0.5) is 5.69 Å². The fraction of sp³-hybridized carbons (Fsp3) is 0.276. The Kier molecular flexibility index (Phi) is 9.48. The lowest BCUT2D eigenvalue weighted by molar-refractivity contribution is -0.139. The Morgan fingerprint density at radius 1 is 0.868 bits per heavy atom. The molecule has 38 heavy (non-hydrogen) atoms. The molecule has 9 heteroatoms. The maximum absolute atomic E-state index is 12.7. The van der Waals surface area contributed by atoms with Crippen molar-refractivity contribution in [2.24, 2.45) is 0 Å². The molecule has 198 valence electrons. The maximum atomic E-state index is 12.7. The Morgan fingerprint density at radius 2 is 1.47 bits per heavy atom. The van der Waals surface area contributed by atoms with Crippen LogP contribution in [0.2, 0.25) is 5.02 Å². The minimum Gasteiger partial charge on any atom is -0.465 e. The van der Waals surface area contributed by atoms with Gasteiger partial charge in [-0.2, -0.15) is 0 Å². The number of carbonyl (C=O) groups is 3. The molecule has 1 fully saturated rings. The van der Waals surface area contributed by atoms with Crippen LogP contribution in [0, 0.1) is 0 Å². The molecule has 0 aliphatic carbocycles. The quantitative estimate of drug-likeness (QED) is 0.416. The van der Waals surface area contributed by atoms with Gasteiger partial charge in [-0.3, -0.25) is 14.5 Å². The Hall–Kier alpha value is -3.72. The fourth-order valence-electron chi connectivity index (χ4n) is 4.48. The lowest BCUT2D eigenvalue weighted by Crippen LogP contribution is -2.50. The van der Waals surface area contributed by atoms with Gasteiger partial charge in [-0.05, 0) is 29.3 Å². The highest BCUT2D eigenvalue weighted by Crippen LogP contribution is 2.29. The molecule has 4 rings (SSSR count). The van der Waals surface area contributed by atoms with Crippen LogP contribution < -0.4 is 5.32 Å². The number of anilines is 1. The summed E-state index contributed by atoms with van der Waals surface area (Å²) < 4.78 is 10.0. The highest BCUT2D eigenvalue weighted by atomic mass is 35.5. The number of ether oxygens (including phenoxy) is 2. The van der Waals surface area contributed by atoms with Gasteiger partial charge in [0.25, 0.3) is 0 Å². The zero-order chi connectivity index (χ0) is 26.9. The van der Waals surface area contributed by atoms with Gasteiger partial charge in [0.05, 0.1) is 29.4 Å². The number of amides is 2. The number of methoxy groups -OCH3 is 1. The summed E-state index contributed by atoms with van der Waals surface area (Å²) in [6, 6.07) is 25.3. The topological polar surface area (TPSA) is 88.2 Å². The van der Waals surface area contributed by atoms with Crippen molar-refractivity contribution in [3.05, 3.63) is 101 Å². The van der Waals surface area contributed by atoms with Crippen LogP contribution in [0.15, 0.2) is 78.9 Å². The van der Waals surface area contributed by atoms with Crippen LogP contribution >= 0.6 is 11.6 Å². The number of carbonyl (C=O) groups excluding carboxylic acids is 3.